The Bertz CT molecular complexity index is 524. The molecule has 0 unspecified atom stereocenters. The van der Waals surface area contributed by atoms with E-state index in [1.54, 1.807) is 0 Å². The molecule has 1 rings (SSSR count). The molecule has 1 aromatic carbocycles. The van der Waals surface area contributed by atoms with Crippen molar-refractivity contribution in [2.75, 3.05) is 7.11 Å². The van der Waals surface area contributed by atoms with E-state index in [0.29, 0.717) is 5.75 Å². The highest BCUT2D eigenvalue weighted by Gasteiger charge is 2.17. The summed E-state index contributed by atoms with van der Waals surface area (Å²) < 4.78 is 4.92. The number of benzene rings is 1. The summed E-state index contributed by atoms with van der Waals surface area (Å²) in [5.74, 6) is -1.79. The third-order valence-corrected chi connectivity index (χ3v) is 2.43. The topological polar surface area (TPSA) is 86.7 Å². The minimum Gasteiger partial charge on any atom is -0.875 e. The number of hydrogen-bond donors (Lipinski definition) is 1. The van der Waals surface area contributed by atoms with Crippen LogP contribution in [0.1, 0.15) is 29.8 Å². The fourth-order valence-electron chi connectivity index (χ4n) is 1.67. The Morgan fingerprint density at radius 2 is 1.83 bits per heavy atom. The number of carboxylic acids is 1. The lowest BCUT2D eigenvalue weighted by Crippen LogP contribution is -2.12. The average molecular weight is 249 g/mol. The maximum atomic E-state index is 11.4. The quantitative estimate of drug-likeness (QED) is 0.637. The second-order valence-corrected chi connectivity index (χ2v) is 3.70. The Morgan fingerprint density at radius 1 is 1.22 bits per heavy atom. The second-order valence-electron chi connectivity index (χ2n) is 3.70. The first kappa shape index (κ1) is 13.8. The van der Waals surface area contributed by atoms with Gasteiger partial charge in [0.2, 0.25) is 0 Å². The van der Waals surface area contributed by atoms with Gasteiger partial charge in [0, 0.05) is 5.57 Å². The van der Waals surface area contributed by atoms with Gasteiger partial charge in [-0.1, -0.05) is 6.92 Å². The van der Waals surface area contributed by atoms with Crippen molar-refractivity contribution >= 4 is 17.3 Å². The second kappa shape index (κ2) is 5.35. The van der Waals surface area contributed by atoms with Gasteiger partial charge in [-0.3, -0.25) is 4.79 Å². The summed E-state index contributed by atoms with van der Waals surface area (Å²) in [7, 11) is 1.40. The predicted octanol–water partition coefficient (Wildman–Crippen LogP) is 1.07. The largest absolute Gasteiger partial charge is 0.875 e. The Hall–Kier alpha value is -2.30. The van der Waals surface area contributed by atoms with Crippen LogP contribution in [0, 0.1) is 0 Å². The molecular weight excluding hydrogens is 236 g/mol. The first-order chi connectivity index (χ1) is 8.38. The van der Waals surface area contributed by atoms with Gasteiger partial charge in [-0.15, -0.1) is 5.76 Å². The number of allylic oxidation sites excluding steroid dienone is 2. The van der Waals surface area contributed by atoms with E-state index in [9.17, 15) is 14.7 Å². The molecule has 1 N–H and O–H groups in total. The first-order valence-electron chi connectivity index (χ1n) is 5.19. The van der Waals surface area contributed by atoms with Gasteiger partial charge in [-0.2, -0.15) is 0 Å². The van der Waals surface area contributed by atoms with E-state index in [-0.39, 0.29) is 16.7 Å². The summed E-state index contributed by atoms with van der Waals surface area (Å²) in [6.45, 7) is 2.46. The maximum Gasteiger partial charge on any atom is 0.336 e. The number of aromatic carboxylic acids is 1. The van der Waals surface area contributed by atoms with Gasteiger partial charge in [0.25, 0.3) is 0 Å². The highest BCUT2D eigenvalue weighted by molar-refractivity contribution is 6.22. The number of methoxy groups -OCH3 is 1. The zero-order chi connectivity index (χ0) is 13.9. The van der Waals surface area contributed by atoms with Crippen molar-refractivity contribution in [2.24, 2.45) is 0 Å². The van der Waals surface area contributed by atoms with Gasteiger partial charge < -0.3 is 14.9 Å². The zero-order valence-corrected chi connectivity index (χ0v) is 10.3. The number of hydrogen-bond acceptors (Lipinski definition) is 4. The third kappa shape index (κ3) is 2.68. The molecule has 1 aromatic rings. The van der Waals surface area contributed by atoms with E-state index in [4.69, 9.17) is 9.84 Å². The Kier molecular flexibility index (Phi) is 4.09. The minimum absolute atomic E-state index is 0.114. The molecule has 0 amide bonds. The first-order valence-corrected chi connectivity index (χ1v) is 5.19. The summed E-state index contributed by atoms with van der Waals surface area (Å²) in [6, 6.07) is 4.19. The van der Waals surface area contributed by atoms with Crippen molar-refractivity contribution in [3.05, 3.63) is 35.1 Å². The normalized spacial score (nSPS) is 11.7. The lowest BCUT2D eigenvalue weighted by atomic mass is 9.96. The Balaban J connectivity index is 3.54. The van der Waals surface area contributed by atoms with E-state index >= 15 is 0 Å². The van der Waals surface area contributed by atoms with Crippen LogP contribution in [0.2, 0.25) is 0 Å². The van der Waals surface area contributed by atoms with E-state index in [0.717, 1.165) is 0 Å². The predicted molar refractivity (Wildman–Crippen MR) is 63.2 cm³/mol. The lowest BCUT2D eigenvalue weighted by molar-refractivity contribution is -0.300. The molecule has 0 saturated heterocycles. The number of Topliss-reactive ketones (excluding diaryl/α,β-unsaturated/α-hetero) is 1. The van der Waals surface area contributed by atoms with Gasteiger partial charge in [-0.05, 0) is 30.7 Å². The van der Waals surface area contributed by atoms with Crippen LogP contribution in [0.15, 0.2) is 24.0 Å². The van der Waals surface area contributed by atoms with Crippen LogP contribution >= 0.6 is 0 Å². The van der Waals surface area contributed by atoms with Crippen molar-refractivity contribution < 1.29 is 24.5 Å². The van der Waals surface area contributed by atoms with Crippen molar-refractivity contribution in [3.63, 3.8) is 0 Å². The zero-order valence-electron chi connectivity index (χ0n) is 10.3. The SMILES string of the molecule is COc1ccc(/C(C(C)=O)=C(/C)[O-])c(C(=O)O)c1. The van der Waals surface area contributed by atoms with Gasteiger partial charge >= 0.3 is 5.97 Å². The van der Waals surface area contributed by atoms with Crippen LogP contribution < -0.4 is 9.84 Å². The number of ketones is 1. The van der Waals surface area contributed by atoms with E-state index < -0.39 is 17.5 Å². The average Bonchev–Trinajstić information content (AvgIpc) is 2.28. The molecule has 5 heteroatoms. The van der Waals surface area contributed by atoms with Gasteiger partial charge in [0.15, 0.2) is 5.78 Å². The van der Waals surface area contributed by atoms with E-state index in [1.165, 1.54) is 39.2 Å². The van der Waals surface area contributed by atoms with Crippen molar-refractivity contribution in [2.45, 2.75) is 13.8 Å². The number of carboxylic acid groups (broad SMARTS) is 1. The number of rotatable bonds is 4. The van der Waals surface area contributed by atoms with Gasteiger partial charge in [-0.25, -0.2) is 4.79 Å². The van der Waals surface area contributed by atoms with Crippen molar-refractivity contribution in [1.82, 2.24) is 0 Å². The summed E-state index contributed by atoms with van der Waals surface area (Å²) in [4.78, 5) is 22.6. The van der Waals surface area contributed by atoms with E-state index in [2.05, 4.69) is 0 Å². The monoisotopic (exact) mass is 249 g/mol. The lowest BCUT2D eigenvalue weighted by Gasteiger charge is -2.16. The number of carbonyl (C=O) groups is 2. The number of ether oxygens (including phenoxy) is 1. The molecule has 0 aromatic heterocycles. The molecule has 0 heterocycles. The molecule has 0 saturated carbocycles. The molecule has 0 spiro atoms. The van der Waals surface area contributed by atoms with Crippen LogP contribution in [0.5, 0.6) is 5.75 Å². The minimum atomic E-state index is -1.22. The highest BCUT2D eigenvalue weighted by atomic mass is 16.5. The summed E-state index contributed by atoms with van der Waals surface area (Å²) in [5.41, 5.74) is -0.131. The molecule has 0 radical (unpaired) electrons. The van der Waals surface area contributed by atoms with Gasteiger partial charge in [0.05, 0.1) is 12.7 Å². The fraction of sp³-hybridized carbons (Fsp3) is 0.231. The molecule has 5 nitrogen and oxygen atoms in total. The molecule has 96 valence electrons. The standard InChI is InChI=1S/C13H14O5/c1-7(14)12(8(2)15)10-5-4-9(18-3)6-11(10)13(16)17/h4-6,14H,1-3H3,(H,16,17)/p-1/b12-7-. The van der Waals surface area contributed by atoms with E-state index in [1.807, 2.05) is 0 Å². The van der Waals surface area contributed by atoms with Crippen LogP contribution in [0.25, 0.3) is 5.57 Å². The molecule has 0 aliphatic carbocycles. The molecule has 0 bridgehead atoms. The Morgan fingerprint density at radius 3 is 2.22 bits per heavy atom. The smallest absolute Gasteiger partial charge is 0.336 e. The fourth-order valence-corrected chi connectivity index (χ4v) is 1.67. The molecule has 18 heavy (non-hydrogen) atoms. The molecule has 0 atom stereocenters. The summed E-state index contributed by atoms with van der Waals surface area (Å²) >= 11 is 0. The Labute approximate surface area is 104 Å². The maximum absolute atomic E-state index is 11.4. The summed E-state index contributed by atoms with van der Waals surface area (Å²) in [6.07, 6.45) is 0. The molecule has 0 aliphatic heterocycles. The third-order valence-electron chi connectivity index (χ3n) is 2.43. The van der Waals surface area contributed by atoms with Crippen LogP contribution in [-0.4, -0.2) is 24.0 Å². The van der Waals surface area contributed by atoms with Crippen LogP contribution in [0.4, 0.5) is 0 Å². The van der Waals surface area contributed by atoms with Crippen LogP contribution in [0.3, 0.4) is 0 Å². The highest BCUT2D eigenvalue weighted by Crippen LogP contribution is 2.26. The van der Waals surface area contributed by atoms with Crippen LogP contribution in [-0.2, 0) is 4.79 Å². The van der Waals surface area contributed by atoms with Gasteiger partial charge in [0.1, 0.15) is 5.75 Å². The molecule has 0 fully saturated rings. The number of carbonyl (C=O) groups excluding carboxylic acids is 1. The molecule has 0 aliphatic rings. The molecular formula is C13H13O5-. The summed E-state index contributed by atoms with van der Waals surface area (Å²) in [5, 5.41) is 20.5. The van der Waals surface area contributed by atoms with Crippen molar-refractivity contribution in [3.8, 4) is 5.75 Å². The van der Waals surface area contributed by atoms with Crippen molar-refractivity contribution in [1.29, 1.82) is 0 Å².